The maximum absolute atomic E-state index is 14.4. The van der Waals surface area contributed by atoms with Crippen molar-refractivity contribution < 1.29 is 23.4 Å². The first kappa shape index (κ1) is 22.4. The highest BCUT2D eigenvalue weighted by atomic mass is 19.1. The first-order chi connectivity index (χ1) is 13.7. The van der Waals surface area contributed by atoms with Gasteiger partial charge in [-0.25, -0.2) is 8.78 Å². The molecule has 0 spiro atoms. The third kappa shape index (κ3) is 7.23. The summed E-state index contributed by atoms with van der Waals surface area (Å²) in [5.74, 6) is -0.141. The van der Waals surface area contributed by atoms with E-state index in [4.69, 9.17) is 9.47 Å². The number of aliphatic hydroxyl groups is 1. The SMILES string of the molecule is C=C/C(F)=C\C=C\COC1=CC(=C)N(C2C=C(F)C(OCC(C)(C)O)=CC2)C=C1. The molecule has 156 valence electrons. The summed E-state index contributed by atoms with van der Waals surface area (Å²) in [5, 5.41) is 9.71. The van der Waals surface area contributed by atoms with Gasteiger partial charge in [0.05, 0.1) is 11.6 Å². The van der Waals surface area contributed by atoms with Gasteiger partial charge in [-0.2, -0.15) is 0 Å². The molecule has 0 aromatic carbocycles. The molecular weight excluding hydrogens is 376 g/mol. The summed E-state index contributed by atoms with van der Waals surface area (Å²) >= 11 is 0. The maximum atomic E-state index is 14.4. The van der Waals surface area contributed by atoms with Gasteiger partial charge >= 0.3 is 0 Å². The molecule has 0 bridgehead atoms. The van der Waals surface area contributed by atoms with Gasteiger partial charge in [0.2, 0.25) is 0 Å². The van der Waals surface area contributed by atoms with Crippen molar-refractivity contribution in [3.8, 4) is 0 Å². The molecule has 0 aromatic rings. The first-order valence-corrected chi connectivity index (χ1v) is 9.27. The van der Waals surface area contributed by atoms with Gasteiger partial charge < -0.3 is 19.5 Å². The Morgan fingerprint density at radius 3 is 2.79 bits per heavy atom. The normalized spacial score (nSPS) is 20.4. The van der Waals surface area contributed by atoms with Crippen molar-refractivity contribution in [2.45, 2.75) is 31.9 Å². The number of ether oxygens (including phenoxy) is 2. The van der Waals surface area contributed by atoms with Crippen LogP contribution >= 0.6 is 0 Å². The second kappa shape index (κ2) is 10.1. The van der Waals surface area contributed by atoms with Crippen molar-refractivity contribution >= 4 is 0 Å². The minimum Gasteiger partial charge on any atom is -0.489 e. The molecule has 29 heavy (non-hydrogen) atoms. The van der Waals surface area contributed by atoms with E-state index in [1.807, 2.05) is 4.90 Å². The predicted molar refractivity (Wildman–Crippen MR) is 111 cm³/mol. The van der Waals surface area contributed by atoms with Crippen LogP contribution in [-0.2, 0) is 9.47 Å². The molecule has 1 aliphatic carbocycles. The lowest BCUT2D eigenvalue weighted by molar-refractivity contribution is 0.00263. The van der Waals surface area contributed by atoms with Crippen LogP contribution < -0.4 is 0 Å². The number of hydrogen-bond acceptors (Lipinski definition) is 4. The quantitative estimate of drug-likeness (QED) is 0.543. The second-order valence-electron chi connectivity index (χ2n) is 7.24. The van der Waals surface area contributed by atoms with Crippen molar-refractivity contribution in [3.63, 3.8) is 0 Å². The Morgan fingerprint density at radius 2 is 2.17 bits per heavy atom. The fraction of sp³-hybridized carbons (Fsp3) is 0.304. The van der Waals surface area contributed by atoms with Gasteiger partial charge in [0, 0.05) is 18.0 Å². The third-order valence-corrected chi connectivity index (χ3v) is 4.03. The van der Waals surface area contributed by atoms with Gasteiger partial charge in [-0.1, -0.05) is 19.2 Å². The fourth-order valence-electron chi connectivity index (χ4n) is 2.60. The van der Waals surface area contributed by atoms with Crippen molar-refractivity contribution in [3.05, 3.63) is 96.8 Å². The van der Waals surface area contributed by atoms with E-state index in [-0.39, 0.29) is 25.0 Å². The number of hydrogen-bond donors (Lipinski definition) is 1. The predicted octanol–water partition coefficient (Wildman–Crippen LogP) is 5.12. The standard InChI is InChI=1S/C23H27F2NO3/c1-5-18(24)8-6-7-13-28-20-11-12-26(17(2)14-20)19-9-10-22(21(25)15-19)29-16-23(3,4)27/h5-8,10-12,14-15,19,27H,1-2,9,13,16H2,3-4H3/b7-6+,18-8+. The molecule has 4 nitrogen and oxygen atoms in total. The summed E-state index contributed by atoms with van der Waals surface area (Å²) in [7, 11) is 0. The summed E-state index contributed by atoms with van der Waals surface area (Å²) in [4.78, 5) is 1.84. The molecule has 0 saturated carbocycles. The van der Waals surface area contributed by atoms with Gasteiger partial charge in [-0.3, -0.25) is 0 Å². The third-order valence-electron chi connectivity index (χ3n) is 4.03. The molecule has 2 rings (SSSR count). The molecule has 1 unspecified atom stereocenters. The summed E-state index contributed by atoms with van der Waals surface area (Å²) in [5.41, 5.74) is -0.374. The summed E-state index contributed by atoms with van der Waals surface area (Å²) in [6.07, 6.45) is 14.6. The number of rotatable bonds is 9. The van der Waals surface area contributed by atoms with Crippen LogP contribution in [0, 0.1) is 0 Å². The van der Waals surface area contributed by atoms with Gasteiger partial charge in [0.1, 0.15) is 24.8 Å². The zero-order valence-corrected chi connectivity index (χ0v) is 16.8. The number of allylic oxidation sites excluding steroid dienone is 7. The summed E-state index contributed by atoms with van der Waals surface area (Å²) in [6.45, 7) is 10.8. The zero-order chi connectivity index (χ0) is 21.4. The Kier molecular flexibility index (Phi) is 7.79. The average Bonchev–Trinajstić information content (AvgIpc) is 2.66. The maximum Gasteiger partial charge on any atom is 0.162 e. The van der Waals surface area contributed by atoms with E-state index < -0.39 is 17.3 Å². The number of halogens is 2. The van der Waals surface area contributed by atoms with Gasteiger partial charge in [-0.05, 0) is 56.7 Å². The van der Waals surface area contributed by atoms with Gasteiger partial charge in [0.25, 0.3) is 0 Å². The lowest BCUT2D eigenvalue weighted by Gasteiger charge is -2.32. The van der Waals surface area contributed by atoms with Crippen LogP contribution in [0.25, 0.3) is 0 Å². The summed E-state index contributed by atoms with van der Waals surface area (Å²) < 4.78 is 38.2. The second-order valence-corrected chi connectivity index (χ2v) is 7.24. The largest absolute Gasteiger partial charge is 0.489 e. The van der Waals surface area contributed by atoms with Crippen LogP contribution in [-0.4, -0.2) is 34.9 Å². The Bertz CT molecular complexity index is 810. The van der Waals surface area contributed by atoms with Crippen LogP contribution in [0.15, 0.2) is 96.8 Å². The van der Waals surface area contributed by atoms with Crippen LogP contribution in [0.1, 0.15) is 20.3 Å². The van der Waals surface area contributed by atoms with E-state index in [0.29, 0.717) is 17.9 Å². The van der Waals surface area contributed by atoms with Crippen LogP contribution in [0.5, 0.6) is 0 Å². The highest BCUT2D eigenvalue weighted by Gasteiger charge is 2.24. The molecule has 1 N–H and O–H groups in total. The smallest absolute Gasteiger partial charge is 0.162 e. The van der Waals surface area contributed by atoms with Gasteiger partial charge in [0.15, 0.2) is 11.6 Å². The van der Waals surface area contributed by atoms with Crippen LogP contribution in [0.2, 0.25) is 0 Å². The molecule has 0 aromatic heterocycles. The molecule has 1 heterocycles. The highest BCUT2D eigenvalue weighted by molar-refractivity contribution is 5.35. The van der Waals surface area contributed by atoms with E-state index in [2.05, 4.69) is 13.2 Å². The molecule has 1 aliphatic heterocycles. The highest BCUT2D eigenvalue weighted by Crippen LogP contribution is 2.29. The van der Waals surface area contributed by atoms with Crippen molar-refractivity contribution in [2.24, 2.45) is 0 Å². The lowest BCUT2D eigenvalue weighted by Crippen LogP contribution is -2.31. The first-order valence-electron chi connectivity index (χ1n) is 9.27. The monoisotopic (exact) mass is 403 g/mol. The van der Waals surface area contributed by atoms with Gasteiger partial charge in [-0.15, -0.1) is 0 Å². The lowest BCUT2D eigenvalue weighted by atomic mass is 10.0. The van der Waals surface area contributed by atoms with E-state index in [1.165, 1.54) is 12.2 Å². The van der Waals surface area contributed by atoms with E-state index in [0.717, 1.165) is 6.08 Å². The molecule has 1 atom stereocenters. The number of nitrogens with zero attached hydrogens (tertiary/aromatic N) is 1. The Hall–Kier alpha value is -2.86. The Labute approximate surface area is 170 Å². The zero-order valence-electron chi connectivity index (χ0n) is 16.8. The minimum atomic E-state index is -1.03. The van der Waals surface area contributed by atoms with Crippen molar-refractivity contribution in [2.75, 3.05) is 13.2 Å². The average molecular weight is 403 g/mol. The molecule has 0 radical (unpaired) electrons. The van der Waals surface area contributed by atoms with E-state index in [1.54, 1.807) is 50.4 Å². The molecule has 0 fully saturated rings. The van der Waals surface area contributed by atoms with E-state index in [9.17, 15) is 13.9 Å². The molecule has 0 saturated heterocycles. The fourth-order valence-corrected chi connectivity index (χ4v) is 2.60. The van der Waals surface area contributed by atoms with Crippen LogP contribution in [0.3, 0.4) is 0 Å². The van der Waals surface area contributed by atoms with Crippen molar-refractivity contribution in [1.82, 2.24) is 4.90 Å². The molecule has 2 aliphatic rings. The Balaban J connectivity index is 1.89. The minimum absolute atomic E-state index is 0.00892. The molecule has 6 heteroatoms. The van der Waals surface area contributed by atoms with Crippen LogP contribution in [0.4, 0.5) is 8.78 Å². The molecule has 0 amide bonds. The molecular formula is C23H27F2NO3. The topological polar surface area (TPSA) is 41.9 Å². The Morgan fingerprint density at radius 1 is 1.41 bits per heavy atom. The van der Waals surface area contributed by atoms with Crippen molar-refractivity contribution in [1.29, 1.82) is 0 Å². The van der Waals surface area contributed by atoms with E-state index >= 15 is 0 Å². The summed E-state index contributed by atoms with van der Waals surface area (Å²) in [6, 6.07) is -0.238.